The molecule has 174 valence electrons. The summed E-state index contributed by atoms with van der Waals surface area (Å²) >= 11 is 6.08. The van der Waals surface area contributed by atoms with Crippen molar-refractivity contribution in [2.75, 3.05) is 12.0 Å². The summed E-state index contributed by atoms with van der Waals surface area (Å²) in [6, 6.07) is 21.3. The molecule has 1 saturated heterocycles. The lowest BCUT2D eigenvalue weighted by Crippen LogP contribution is -2.29. The Labute approximate surface area is 205 Å². The Balaban J connectivity index is 1.64. The predicted octanol–water partition coefficient (Wildman–Crippen LogP) is 5.63. The van der Waals surface area contributed by atoms with Gasteiger partial charge >= 0.3 is 0 Å². The van der Waals surface area contributed by atoms with Gasteiger partial charge in [0.15, 0.2) is 0 Å². The molecule has 1 aliphatic rings. The number of hydrogen-bond acceptors (Lipinski definition) is 6. The Morgan fingerprint density at radius 3 is 2.26 bits per heavy atom. The highest BCUT2D eigenvalue weighted by Gasteiger charge is 2.47. The number of anilines is 1. The molecule has 8 heteroatoms. The third kappa shape index (κ3) is 4.06. The van der Waals surface area contributed by atoms with Crippen LogP contribution in [-0.4, -0.2) is 29.1 Å². The fourth-order valence-corrected chi connectivity index (χ4v) is 4.24. The lowest BCUT2D eigenvalue weighted by atomic mass is 9.95. The van der Waals surface area contributed by atoms with Crippen LogP contribution in [0.4, 0.5) is 5.69 Å². The zero-order valence-corrected chi connectivity index (χ0v) is 19.3. The summed E-state index contributed by atoms with van der Waals surface area (Å²) in [6.45, 7) is 0. The molecule has 0 spiro atoms. The molecule has 1 unspecified atom stereocenters. The molecule has 1 atom stereocenters. The van der Waals surface area contributed by atoms with Gasteiger partial charge < -0.3 is 14.4 Å². The second-order valence-corrected chi connectivity index (χ2v) is 8.32. The number of ether oxygens (including phenoxy) is 1. The number of aromatic nitrogens is 1. The Hall–Kier alpha value is -4.36. The van der Waals surface area contributed by atoms with E-state index in [0.29, 0.717) is 33.3 Å². The number of Topliss-reactive ketones (excluding diaryl/α,β-unsaturated/α-hetero) is 1. The first-order chi connectivity index (χ1) is 17.0. The van der Waals surface area contributed by atoms with Crippen molar-refractivity contribution in [1.29, 1.82) is 0 Å². The number of ketones is 1. The topological polar surface area (TPSA) is 92.9 Å². The number of carbonyl (C=O) groups excluding carboxylic acids is 2. The summed E-state index contributed by atoms with van der Waals surface area (Å²) in [4.78, 5) is 27.9. The van der Waals surface area contributed by atoms with Crippen molar-refractivity contribution in [2.45, 2.75) is 6.04 Å². The van der Waals surface area contributed by atoms with Crippen molar-refractivity contribution in [1.82, 2.24) is 5.16 Å². The first-order valence-corrected chi connectivity index (χ1v) is 11.1. The van der Waals surface area contributed by atoms with E-state index in [9.17, 15) is 14.7 Å². The van der Waals surface area contributed by atoms with Gasteiger partial charge in [-0.3, -0.25) is 14.5 Å². The Kier molecular flexibility index (Phi) is 5.84. The molecule has 1 amide bonds. The van der Waals surface area contributed by atoms with Crippen LogP contribution in [0.15, 0.2) is 95.2 Å². The zero-order valence-electron chi connectivity index (χ0n) is 18.5. The average molecular weight is 487 g/mol. The normalized spacial score (nSPS) is 17.1. The highest BCUT2D eigenvalue weighted by atomic mass is 35.5. The first-order valence-electron chi connectivity index (χ1n) is 10.7. The van der Waals surface area contributed by atoms with E-state index in [-0.39, 0.29) is 11.3 Å². The van der Waals surface area contributed by atoms with Gasteiger partial charge in [-0.15, -0.1) is 0 Å². The second kappa shape index (κ2) is 9.12. The molecular formula is C27H19ClN2O5. The number of nitrogens with zero attached hydrogens (tertiary/aromatic N) is 2. The van der Waals surface area contributed by atoms with Crippen LogP contribution < -0.4 is 9.64 Å². The van der Waals surface area contributed by atoms with E-state index in [1.54, 1.807) is 78.9 Å². The van der Waals surface area contributed by atoms with E-state index in [0.717, 1.165) is 5.56 Å². The molecule has 1 aromatic heterocycles. The third-order valence-electron chi connectivity index (χ3n) is 5.87. The molecule has 0 bridgehead atoms. The number of carbonyl (C=O) groups is 2. The number of aliphatic hydroxyl groups excluding tert-OH is 1. The van der Waals surface area contributed by atoms with Crippen molar-refractivity contribution in [2.24, 2.45) is 0 Å². The maximum absolute atomic E-state index is 13.3. The maximum Gasteiger partial charge on any atom is 0.300 e. The minimum atomic E-state index is -0.854. The Morgan fingerprint density at radius 1 is 0.971 bits per heavy atom. The quantitative estimate of drug-likeness (QED) is 0.223. The summed E-state index contributed by atoms with van der Waals surface area (Å²) in [7, 11) is 1.54. The van der Waals surface area contributed by atoms with E-state index >= 15 is 0 Å². The van der Waals surface area contributed by atoms with Crippen molar-refractivity contribution >= 4 is 34.7 Å². The molecule has 0 saturated carbocycles. The lowest BCUT2D eigenvalue weighted by molar-refractivity contribution is -0.132. The minimum Gasteiger partial charge on any atom is -0.507 e. The van der Waals surface area contributed by atoms with Gasteiger partial charge in [0, 0.05) is 27.9 Å². The van der Waals surface area contributed by atoms with Crippen LogP contribution in [0.1, 0.15) is 17.2 Å². The Morgan fingerprint density at radius 2 is 1.66 bits per heavy atom. The van der Waals surface area contributed by atoms with Gasteiger partial charge in [0.25, 0.3) is 11.7 Å². The number of hydrogen-bond donors (Lipinski definition) is 1. The molecule has 0 radical (unpaired) electrons. The van der Waals surface area contributed by atoms with Crippen molar-refractivity contribution in [3.8, 4) is 17.0 Å². The summed E-state index contributed by atoms with van der Waals surface area (Å²) in [5.74, 6) is -1.19. The molecule has 2 heterocycles. The molecule has 1 fully saturated rings. The standard InChI is InChI=1S/C27H19ClN2O5/c1-34-21-12-6-18(7-13-21)25(31)23-24(17-2-8-19(28)9-3-17)30(27(33)26(23)32)20-10-4-16(5-11-20)22-14-15-35-29-22/h2-15,24,31H,1H3. The van der Waals surface area contributed by atoms with Gasteiger partial charge in [-0.05, 0) is 54.1 Å². The summed E-state index contributed by atoms with van der Waals surface area (Å²) in [5, 5.41) is 15.6. The third-order valence-corrected chi connectivity index (χ3v) is 6.12. The van der Waals surface area contributed by atoms with E-state index in [2.05, 4.69) is 5.16 Å². The molecule has 7 nitrogen and oxygen atoms in total. The van der Waals surface area contributed by atoms with Gasteiger partial charge in [0.1, 0.15) is 23.5 Å². The van der Waals surface area contributed by atoms with Gasteiger partial charge in [-0.1, -0.05) is 41.0 Å². The van der Waals surface area contributed by atoms with Gasteiger partial charge in [-0.2, -0.15) is 0 Å². The van der Waals surface area contributed by atoms with E-state index < -0.39 is 17.7 Å². The SMILES string of the molecule is COc1ccc(C(O)=C2C(=O)C(=O)N(c3ccc(-c4ccon4)cc3)C2c2ccc(Cl)cc2)cc1. The van der Waals surface area contributed by atoms with Gasteiger partial charge in [0.05, 0.1) is 18.7 Å². The van der Waals surface area contributed by atoms with Gasteiger partial charge in [0.2, 0.25) is 0 Å². The Bertz CT molecular complexity index is 1410. The molecule has 0 aliphatic carbocycles. The smallest absolute Gasteiger partial charge is 0.300 e. The predicted molar refractivity (Wildman–Crippen MR) is 131 cm³/mol. The fourth-order valence-electron chi connectivity index (χ4n) is 4.12. The molecule has 4 aromatic rings. The van der Waals surface area contributed by atoms with Crippen molar-refractivity contribution in [3.05, 3.63) is 107 Å². The number of benzene rings is 3. The summed E-state index contributed by atoms with van der Waals surface area (Å²) in [5.41, 5.74) is 2.94. The van der Waals surface area contributed by atoms with Crippen LogP contribution in [0, 0.1) is 0 Å². The summed E-state index contributed by atoms with van der Waals surface area (Å²) in [6.07, 6.45) is 1.47. The van der Waals surface area contributed by atoms with Crippen LogP contribution in [0.25, 0.3) is 17.0 Å². The highest BCUT2D eigenvalue weighted by Crippen LogP contribution is 2.42. The van der Waals surface area contributed by atoms with Crippen LogP contribution >= 0.6 is 11.6 Å². The van der Waals surface area contributed by atoms with E-state index in [1.165, 1.54) is 18.3 Å². The number of methoxy groups -OCH3 is 1. The van der Waals surface area contributed by atoms with Crippen LogP contribution in [0.2, 0.25) is 5.02 Å². The number of rotatable bonds is 5. The van der Waals surface area contributed by atoms with E-state index in [4.69, 9.17) is 20.9 Å². The van der Waals surface area contributed by atoms with E-state index in [1.807, 2.05) is 0 Å². The molecule has 3 aromatic carbocycles. The molecule has 1 N–H and O–H groups in total. The van der Waals surface area contributed by atoms with Crippen LogP contribution in [-0.2, 0) is 9.59 Å². The first kappa shape index (κ1) is 22.4. The maximum atomic E-state index is 13.3. The van der Waals surface area contributed by atoms with Crippen LogP contribution in [0.3, 0.4) is 0 Å². The number of aliphatic hydroxyl groups is 1. The van der Waals surface area contributed by atoms with Crippen molar-refractivity contribution in [3.63, 3.8) is 0 Å². The largest absolute Gasteiger partial charge is 0.507 e. The molecular weight excluding hydrogens is 468 g/mol. The average Bonchev–Trinajstić information content (AvgIpc) is 3.52. The number of halogens is 1. The molecule has 5 rings (SSSR count). The molecule has 1 aliphatic heterocycles. The lowest BCUT2D eigenvalue weighted by Gasteiger charge is -2.25. The second-order valence-electron chi connectivity index (χ2n) is 7.88. The van der Waals surface area contributed by atoms with Gasteiger partial charge in [-0.25, -0.2) is 0 Å². The number of amides is 1. The van der Waals surface area contributed by atoms with Crippen LogP contribution in [0.5, 0.6) is 5.75 Å². The summed E-state index contributed by atoms with van der Waals surface area (Å²) < 4.78 is 10.1. The molecule has 35 heavy (non-hydrogen) atoms. The minimum absolute atomic E-state index is 0.0110. The van der Waals surface area contributed by atoms with Crippen molar-refractivity contribution < 1.29 is 24.0 Å². The monoisotopic (exact) mass is 486 g/mol. The zero-order chi connectivity index (χ0) is 24.5. The fraction of sp³-hybridized carbons (Fsp3) is 0.0741. The highest BCUT2D eigenvalue weighted by molar-refractivity contribution is 6.51.